The average Bonchev–Trinajstić information content (AvgIpc) is 2.81. The fraction of sp³-hybridized carbons (Fsp3) is 0.440. The van der Waals surface area contributed by atoms with Gasteiger partial charge >= 0.3 is 0 Å². The van der Waals surface area contributed by atoms with E-state index in [9.17, 15) is 18.0 Å². The van der Waals surface area contributed by atoms with Gasteiger partial charge in [0.25, 0.3) is 0 Å². The maximum Gasteiger partial charge on any atom is 0.244 e. The highest BCUT2D eigenvalue weighted by Crippen LogP contribution is 2.26. The fourth-order valence-corrected chi connectivity index (χ4v) is 4.86. The van der Waals surface area contributed by atoms with Gasteiger partial charge in [0, 0.05) is 29.2 Å². The molecule has 1 N–H and O–H groups in total. The van der Waals surface area contributed by atoms with Crippen molar-refractivity contribution < 1.29 is 22.7 Å². The third kappa shape index (κ3) is 8.28. The van der Waals surface area contributed by atoms with E-state index in [0.29, 0.717) is 34.3 Å². The monoisotopic (exact) mass is 557 g/mol. The second-order valence-corrected chi connectivity index (χ2v) is 11.5. The summed E-state index contributed by atoms with van der Waals surface area (Å²) in [5.74, 6) is -0.217. The Kier molecular flexibility index (Phi) is 10.9. The zero-order valence-corrected chi connectivity index (χ0v) is 23.5. The highest BCUT2D eigenvalue weighted by Gasteiger charge is 2.32. The Hall–Kier alpha value is -2.49. The number of benzene rings is 2. The Balaban J connectivity index is 2.47. The Morgan fingerprint density at radius 1 is 1.11 bits per heavy atom. The standard InChI is InChI=1S/C25H33Cl2N3O5S/c1-6-23(25(32)28-14-17(2)3)29(15-18-10-11-19(26)12-22(18)27)24(31)16-30(36(5,33)34)20-8-7-9-21(13-20)35-4/h7-13,17,23H,6,14-16H2,1-5H3,(H,28,32). The number of amides is 2. The predicted molar refractivity (Wildman–Crippen MR) is 144 cm³/mol. The van der Waals surface area contributed by atoms with Crippen LogP contribution in [0.2, 0.25) is 10.0 Å². The van der Waals surface area contributed by atoms with Crippen molar-refractivity contribution >= 4 is 50.7 Å². The topological polar surface area (TPSA) is 96.0 Å². The van der Waals surface area contributed by atoms with E-state index < -0.39 is 28.5 Å². The molecular weight excluding hydrogens is 525 g/mol. The Morgan fingerprint density at radius 2 is 1.81 bits per heavy atom. The summed E-state index contributed by atoms with van der Waals surface area (Å²) < 4.78 is 31.6. The number of hydrogen-bond donors (Lipinski definition) is 1. The van der Waals surface area contributed by atoms with Crippen molar-refractivity contribution in [2.24, 2.45) is 5.92 Å². The van der Waals surface area contributed by atoms with Gasteiger partial charge in [0.05, 0.1) is 19.1 Å². The van der Waals surface area contributed by atoms with Crippen LogP contribution in [0.15, 0.2) is 42.5 Å². The molecule has 8 nitrogen and oxygen atoms in total. The molecule has 1 atom stereocenters. The van der Waals surface area contributed by atoms with Crippen molar-refractivity contribution in [3.8, 4) is 5.75 Å². The number of ether oxygens (including phenoxy) is 1. The molecule has 0 aromatic heterocycles. The number of rotatable bonds is 12. The van der Waals surface area contributed by atoms with Crippen molar-refractivity contribution in [3.63, 3.8) is 0 Å². The van der Waals surface area contributed by atoms with Crippen molar-refractivity contribution in [3.05, 3.63) is 58.1 Å². The molecule has 0 radical (unpaired) electrons. The van der Waals surface area contributed by atoms with E-state index in [0.717, 1.165) is 10.6 Å². The zero-order valence-electron chi connectivity index (χ0n) is 21.1. The molecule has 0 bridgehead atoms. The molecule has 2 amide bonds. The van der Waals surface area contributed by atoms with Crippen LogP contribution < -0.4 is 14.4 Å². The van der Waals surface area contributed by atoms with Crippen LogP contribution in [0.5, 0.6) is 5.75 Å². The van der Waals surface area contributed by atoms with Gasteiger partial charge in [0.15, 0.2) is 0 Å². The maximum absolute atomic E-state index is 13.7. The maximum atomic E-state index is 13.7. The Labute approximate surface area is 223 Å². The predicted octanol–water partition coefficient (Wildman–Crippen LogP) is 4.35. The smallest absolute Gasteiger partial charge is 0.244 e. The number of methoxy groups -OCH3 is 1. The van der Waals surface area contributed by atoms with E-state index in [1.165, 1.54) is 18.1 Å². The van der Waals surface area contributed by atoms with Crippen molar-refractivity contribution in [2.75, 3.05) is 30.8 Å². The molecule has 11 heteroatoms. The second kappa shape index (κ2) is 13.2. The number of nitrogens with zero attached hydrogens (tertiary/aromatic N) is 2. The van der Waals surface area contributed by atoms with E-state index in [4.69, 9.17) is 27.9 Å². The van der Waals surface area contributed by atoms with E-state index >= 15 is 0 Å². The van der Waals surface area contributed by atoms with Crippen LogP contribution >= 0.6 is 23.2 Å². The molecule has 1 unspecified atom stereocenters. The highest BCUT2D eigenvalue weighted by atomic mass is 35.5. The number of sulfonamides is 1. The zero-order chi connectivity index (χ0) is 27.0. The average molecular weight is 559 g/mol. The lowest BCUT2D eigenvalue weighted by Gasteiger charge is -2.33. The lowest BCUT2D eigenvalue weighted by molar-refractivity contribution is -0.140. The highest BCUT2D eigenvalue weighted by molar-refractivity contribution is 7.92. The summed E-state index contributed by atoms with van der Waals surface area (Å²) in [5, 5.41) is 3.65. The minimum atomic E-state index is -3.85. The van der Waals surface area contributed by atoms with Gasteiger partial charge in [-0.3, -0.25) is 13.9 Å². The van der Waals surface area contributed by atoms with Crippen molar-refractivity contribution in [1.29, 1.82) is 0 Å². The summed E-state index contributed by atoms with van der Waals surface area (Å²) in [6.07, 6.45) is 1.34. The molecule has 2 aromatic rings. The minimum Gasteiger partial charge on any atom is -0.497 e. The third-order valence-corrected chi connectivity index (χ3v) is 7.17. The van der Waals surface area contributed by atoms with Gasteiger partial charge in [0.1, 0.15) is 18.3 Å². The summed E-state index contributed by atoms with van der Waals surface area (Å²) in [5.41, 5.74) is 0.851. The van der Waals surface area contributed by atoms with Gasteiger partial charge in [-0.1, -0.05) is 56.1 Å². The molecule has 198 valence electrons. The Morgan fingerprint density at radius 3 is 2.36 bits per heavy atom. The van der Waals surface area contributed by atoms with Gasteiger partial charge in [-0.15, -0.1) is 0 Å². The second-order valence-electron chi connectivity index (χ2n) is 8.79. The van der Waals surface area contributed by atoms with Crippen LogP contribution in [0.4, 0.5) is 5.69 Å². The summed E-state index contributed by atoms with van der Waals surface area (Å²) in [7, 11) is -2.38. The van der Waals surface area contributed by atoms with E-state index in [1.54, 1.807) is 43.3 Å². The van der Waals surface area contributed by atoms with Gasteiger partial charge in [-0.05, 0) is 42.2 Å². The molecule has 0 aliphatic heterocycles. The SMILES string of the molecule is CCC(C(=O)NCC(C)C)N(Cc1ccc(Cl)cc1Cl)C(=O)CN(c1cccc(OC)c1)S(C)(=O)=O. The lowest BCUT2D eigenvalue weighted by atomic mass is 10.1. The molecule has 0 spiro atoms. The van der Waals surface area contributed by atoms with Gasteiger partial charge in [-0.2, -0.15) is 0 Å². The molecular formula is C25H33Cl2N3O5S. The molecule has 0 saturated carbocycles. The molecule has 0 fully saturated rings. The number of hydrogen-bond acceptors (Lipinski definition) is 5. The van der Waals surface area contributed by atoms with Crippen LogP contribution in [0, 0.1) is 5.92 Å². The molecule has 0 aliphatic rings. The number of nitrogens with one attached hydrogen (secondary N) is 1. The third-order valence-electron chi connectivity index (χ3n) is 5.45. The van der Waals surface area contributed by atoms with E-state index in [1.807, 2.05) is 13.8 Å². The minimum absolute atomic E-state index is 0.00183. The summed E-state index contributed by atoms with van der Waals surface area (Å²) in [6, 6.07) is 10.5. The van der Waals surface area contributed by atoms with Crippen LogP contribution in [-0.4, -0.2) is 57.6 Å². The fourth-order valence-electron chi connectivity index (χ4n) is 3.55. The number of carbonyl (C=O) groups excluding carboxylic acids is 2. The van der Waals surface area contributed by atoms with Crippen molar-refractivity contribution in [1.82, 2.24) is 10.2 Å². The quantitative estimate of drug-likeness (QED) is 0.418. The molecule has 0 saturated heterocycles. The van der Waals surface area contributed by atoms with Gasteiger partial charge < -0.3 is 15.0 Å². The summed E-state index contributed by atoms with van der Waals surface area (Å²) >= 11 is 12.4. The molecule has 0 aliphatic carbocycles. The van der Waals surface area contributed by atoms with Gasteiger partial charge in [0.2, 0.25) is 21.8 Å². The van der Waals surface area contributed by atoms with Crippen LogP contribution in [-0.2, 0) is 26.2 Å². The Bertz CT molecular complexity index is 1170. The van der Waals surface area contributed by atoms with Crippen LogP contribution in [0.1, 0.15) is 32.8 Å². The van der Waals surface area contributed by atoms with E-state index in [-0.39, 0.29) is 24.1 Å². The van der Waals surface area contributed by atoms with Crippen LogP contribution in [0.25, 0.3) is 0 Å². The molecule has 0 heterocycles. The first kappa shape index (κ1) is 29.7. The van der Waals surface area contributed by atoms with Gasteiger partial charge in [-0.25, -0.2) is 8.42 Å². The van der Waals surface area contributed by atoms with E-state index in [2.05, 4.69) is 5.32 Å². The summed E-state index contributed by atoms with van der Waals surface area (Å²) in [6.45, 7) is 5.66. The molecule has 2 aromatic carbocycles. The normalized spacial score (nSPS) is 12.2. The first-order chi connectivity index (χ1) is 16.9. The largest absolute Gasteiger partial charge is 0.497 e. The number of halogens is 2. The lowest BCUT2D eigenvalue weighted by Crippen LogP contribution is -2.52. The molecule has 2 rings (SSSR count). The first-order valence-corrected chi connectivity index (χ1v) is 14.1. The first-order valence-electron chi connectivity index (χ1n) is 11.5. The molecule has 36 heavy (non-hydrogen) atoms. The number of anilines is 1. The summed E-state index contributed by atoms with van der Waals surface area (Å²) in [4.78, 5) is 28.1. The van der Waals surface area contributed by atoms with Crippen molar-refractivity contribution in [2.45, 2.75) is 39.8 Å². The van der Waals surface area contributed by atoms with Crippen LogP contribution in [0.3, 0.4) is 0 Å². The number of carbonyl (C=O) groups is 2.